The molecular weight excluding hydrogens is 418 g/mol. The minimum absolute atomic E-state index is 0.0838. The van der Waals surface area contributed by atoms with Crippen LogP contribution in [0.3, 0.4) is 0 Å². The first-order valence-electron chi connectivity index (χ1n) is 9.80. The van der Waals surface area contributed by atoms with Gasteiger partial charge in [-0.1, -0.05) is 5.16 Å². The highest BCUT2D eigenvalue weighted by molar-refractivity contribution is 7.89. The number of rotatable bonds is 7. The van der Waals surface area contributed by atoms with Gasteiger partial charge in [-0.15, -0.1) is 0 Å². The molecule has 0 bridgehead atoms. The Morgan fingerprint density at radius 1 is 1.27 bits per heavy atom. The van der Waals surface area contributed by atoms with E-state index < -0.39 is 21.7 Å². The molecule has 162 valence electrons. The highest BCUT2D eigenvalue weighted by atomic mass is 32.2. The molecule has 0 spiro atoms. The second-order valence-electron chi connectivity index (χ2n) is 7.67. The third-order valence-electron chi connectivity index (χ3n) is 5.49. The van der Waals surface area contributed by atoms with Crippen LogP contribution in [-0.2, 0) is 21.2 Å². The highest BCUT2D eigenvalue weighted by Gasteiger charge is 2.36. The lowest BCUT2D eigenvalue weighted by molar-refractivity contribution is -0.130. The largest absolute Gasteiger partial charge is 0.339 e. The van der Waals surface area contributed by atoms with Crippen LogP contribution >= 0.6 is 0 Å². The molecule has 11 heteroatoms. The Morgan fingerprint density at radius 2 is 2.03 bits per heavy atom. The van der Waals surface area contributed by atoms with Crippen LogP contribution in [0.25, 0.3) is 0 Å². The fourth-order valence-corrected chi connectivity index (χ4v) is 5.16. The Balaban J connectivity index is 1.42. The van der Waals surface area contributed by atoms with Crippen molar-refractivity contribution in [3.63, 3.8) is 0 Å². The van der Waals surface area contributed by atoms with Crippen LogP contribution in [0.15, 0.2) is 27.6 Å². The van der Waals surface area contributed by atoms with Crippen LogP contribution in [0.5, 0.6) is 0 Å². The molecule has 2 aliphatic rings. The molecule has 4 rings (SSSR count). The topological polar surface area (TPSA) is 96.6 Å². The lowest BCUT2D eigenvalue weighted by Gasteiger charge is -2.27. The van der Waals surface area contributed by atoms with E-state index in [1.807, 2.05) is 0 Å². The zero-order chi connectivity index (χ0) is 21.5. The summed E-state index contributed by atoms with van der Waals surface area (Å²) in [5.74, 6) is -1.01. The summed E-state index contributed by atoms with van der Waals surface area (Å²) in [4.78, 5) is 17.8. The van der Waals surface area contributed by atoms with Crippen molar-refractivity contribution in [2.45, 2.75) is 49.5 Å². The Bertz CT molecular complexity index is 1050. The summed E-state index contributed by atoms with van der Waals surface area (Å²) in [5, 5.41) is 3.95. The molecule has 1 unspecified atom stereocenters. The summed E-state index contributed by atoms with van der Waals surface area (Å²) in [5.41, 5.74) is 0. The van der Waals surface area contributed by atoms with Gasteiger partial charge in [0.05, 0.1) is 4.90 Å². The lowest BCUT2D eigenvalue weighted by Crippen LogP contribution is -2.42. The van der Waals surface area contributed by atoms with Crippen molar-refractivity contribution in [3.05, 3.63) is 41.5 Å². The molecule has 1 amide bonds. The van der Waals surface area contributed by atoms with E-state index in [1.165, 1.54) is 11.2 Å². The maximum atomic E-state index is 13.5. The summed E-state index contributed by atoms with van der Waals surface area (Å²) in [7, 11) is -3.99. The molecule has 8 nitrogen and oxygen atoms in total. The molecule has 1 aromatic carbocycles. The molecule has 1 aromatic heterocycles. The van der Waals surface area contributed by atoms with Crippen molar-refractivity contribution in [2.75, 3.05) is 19.6 Å². The first kappa shape index (κ1) is 20.9. The van der Waals surface area contributed by atoms with Gasteiger partial charge >= 0.3 is 0 Å². The molecule has 1 aliphatic heterocycles. The van der Waals surface area contributed by atoms with Crippen molar-refractivity contribution in [3.8, 4) is 0 Å². The number of amides is 1. The number of sulfonamides is 1. The van der Waals surface area contributed by atoms with E-state index in [4.69, 9.17) is 4.52 Å². The minimum Gasteiger partial charge on any atom is -0.339 e. The molecular formula is C19H22F2N4O4S. The van der Waals surface area contributed by atoms with Crippen molar-refractivity contribution in [1.82, 2.24) is 19.3 Å². The Labute approximate surface area is 172 Å². The van der Waals surface area contributed by atoms with Gasteiger partial charge in [-0.05, 0) is 37.5 Å². The Hall–Kier alpha value is -2.40. The number of hydrogen-bond acceptors (Lipinski definition) is 6. The molecule has 1 aliphatic carbocycles. The van der Waals surface area contributed by atoms with Gasteiger partial charge in [0.25, 0.3) is 0 Å². The lowest BCUT2D eigenvalue weighted by atomic mass is 10.2. The zero-order valence-electron chi connectivity index (χ0n) is 16.4. The molecule has 2 aromatic rings. The van der Waals surface area contributed by atoms with Gasteiger partial charge in [0.1, 0.15) is 0 Å². The van der Waals surface area contributed by atoms with Gasteiger partial charge in [-0.3, -0.25) is 4.79 Å². The molecule has 2 fully saturated rings. The standard InChI is InChI=1S/C19H22F2N4O4S/c1-12(26)25(9-7-18-22-19(29-23-18)13-2-3-13)14-6-8-24(11-14)30(27,28)15-4-5-16(20)17(21)10-15/h4-5,10,13-14H,2-3,6-9,11H2,1H3. The third-order valence-corrected chi connectivity index (χ3v) is 7.35. The van der Waals surface area contributed by atoms with Crippen LogP contribution in [0, 0.1) is 11.6 Å². The first-order valence-corrected chi connectivity index (χ1v) is 11.2. The van der Waals surface area contributed by atoms with Crippen molar-refractivity contribution < 1.29 is 26.5 Å². The smallest absolute Gasteiger partial charge is 0.243 e. The van der Waals surface area contributed by atoms with Crippen LogP contribution in [0.1, 0.15) is 43.8 Å². The third kappa shape index (κ3) is 4.22. The van der Waals surface area contributed by atoms with Gasteiger partial charge in [0.15, 0.2) is 17.5 Å². The van der Waals surface area contributed by atoms with Crippen LogP contribution in [0.4, 0.5) is 8.78 Å². The van der Waals surface area contributed by atoms with E-state index in [9.17, 15) is 22.0 Å². The molecule has 1 saturated heterocycles. The van der Waals surface area contributed by atoms with Crippen molar-refractivity contribution >= 4 is 15.9 Å². The van der Waals surface area contributed by atoms with Crippen molar-refractivity contribution in [1.29, 1.82) is 0 Å². The highest BCUT2D eigenvalue weighted by Crippen LogP contribution is 2.38. The minimum atomic E-state index is -3.99. The average molecular weight is 440 g/mol. The fourth-order valence-electron chi connectivity index (χ4n) is 3.65. The summed E-state index contributed by atoms with van der Waals surface area (Å²) < 4.78 is 58.6. The van der Waals surface area contributed by atoms with E-state index in [0.29, 0.717) is 43.1 Å². The van der Waals surface area contributed by atoms with Crippen LogP contribution < -0.4 is 0 Å². The molecule has 2 heterocycles. The molecule has 1 saturated carbocycles. The predicted octanol–water partition coefficient (Wildman–Crippen LogP) is 2.08. The zero-order valence-corrected chi connectivity index (χ0v) is 17.2. The van der Waals surface area contributed by atoms with E-state index in [-0.39, 0.29) is 29.9 Å². The summed E-state index contributed by atoms with van der Waals surface area (Å²) in [6.07, 6.45) is 2.95. The Morgan fingerprint density at radius 3 is 2.70 bits per heavy atom. The number of halogens is 2. The van der Waals surface area contributed by atoms with Gasteiger partial charge in [0.2, 0.25) is 21.8 Å². The fraction of sp³-hybridized carbons (Fsp3) is 0.526. The molecule has 0 radical (unpaired) electrons. The van der Waals surface area contributed by atoms with Crippen molar-refractivity contribution in [2.24, 2.45) is 0 Å². The monoisotopic (exact) mass is 440 g/mol. The molecule has 30 heavy (non-hydrogen) atoms. The van der Waals surface area contributed by atoms with Gasteiger partial charge in [0, 0.05) is 44.9 Å². The summed E-state index contributed by atoms with van der Waals surface area (Å²) >= 11 is 0. The summed E-state index contributed by atoms with van der Waals surface area (Å²) in [6.45, 7) is 2.03. The Kier molecular flexibility index (Phi) is 5.58. The van der Waals surface area contributed by atoms with Gasteiger partial charge in [-0.25, -0.2) is 17.2 Å². The normalized spacial score (nSPS) is 19.9. The van der Waals surface area contributed by atoms with E-state index in [2.05, 4.69) is 10.1 Å². The number of carbonyl (C=O) groups is 1. The average Bonchev–Trinajstić information content (AvgIpc) is 3.23. The number of carbonyl (C=O) groups excluding carboxylic acids is 1. The maximum Gasteiger partial charge on any atom is 0.243 e. The molecule has 1 atom stereocenters. The molecule has 0 N–H and O–H groups in total. The maximum absolute atomic E-state index is 13.5. The number of nitrogens with zero attached hydrogens (tertiary/aromatic N) is 4. The quantitative estimate of drug-likeness (QED) is 0.654. The van der Waals surface area contributed by atoms with Gasteiger partial charge < -0.3 is 9.42 Å². The number of hydrogen-bond donors (Lipinski definition) is 0. The number of aromatic nitrogens is 2. The van der Waals surface area contributed by atoms with Crippen LogP contribution in [0.2, 0.25) is 0 Å². The SMILES string of the molecule is CC(=O)N(CCc1noc(C2CC2)n1)C1CCN(S(=O)(=O)c2ccc(F)c(F)c2)C1. The van der Waals surface area contributed by atoms with Gasteiger partial charge in [-0.2, -0.15) is 9.29 Å². The predicted molar refractivity (Wildman–Crippen MR) is 101 cm³/mol. The second kappa shape index (κ2) is 8.03. The number of benzene rings is 1. The second-order valence-corrected chi connectivity index (χ2v) is 9.60. The first-order chi connectivity index (χ1) is 14.3. The van der Waals surface area contributed by atoms with E-state index in [0.717, 1.165) is 25.0 Å². The van der Waals surface area contributed by atoms with Crippen LogP contribution in [-0.4, -0.2) is 59.3 Å². The summed E-state index contributed by atoms with van der Waals surface area (Å²) in [6, 6.07) is 2.18. The van der Waals surface area contributed by atoms with E-state index in [1.54, 1.807) is 4.90 Å². The van der Waals surface area contributed by atoms with E-state index >= 15 is 0 Å².